The van der Waals surface area contributed by atoms with Crippen LogP contribution in [0.25, 0.3) is 28.4 Å². The molecule has 6 N–H and O–H groups in total. The molecular formula is C77H105N13O20S. The summed E-state index contributed by atoms with van der Waals surface area (Å²) in [7, 11) is 0. The van der Waals surface area contributed by atoms with E-state index in [1.807, 2.05) is 56.5 Å². The molecule has 0 radical (unpaired) electrons. The Balaban J connectivity index is 0.597. The van der Waals surface area contributed by atoms with E-state index >= 15 is 0 Å². The highest BCUT2D eigenvalue weighted by atomic mass is 32.2. The number of para-hydroxylation sites is 1. The Labute approximate surface area is 649 Å². The Morgan fingerprint density at radius 1 is 0.757 bits per heavy atom. The third kappa shape index (κ3) is 28.5. The van der Waals surface area contributed by atoms with Crippen LogP contribution in [0.2, 0.25) is 0 Å². The van der Waals surface area contributed by atoms with Gasteiger partial charge < -0.3 is 93.3 Å². The number of carbonyl (C=O) groups excluding carboxylic acids is 7. The monoisotopic (exact) mass is 1560 g/mol. The fourth-order valence-electron chi connectivity index (χ4n) is 12.1. The van der Waals surface area contributed by atoms with Crippen molar-refractivity contribution in [2.75, 3.05) is 150 Å². The summed E-state index contributed by atoms with van der Waals surface area (Å²) < 4.78 is 70.0. The van der Waals surface area contributed by atoms with Crippen molar-refractivity contribution < 1.29 is 90.4 Å². The number of pyridine rings is 2. The van der Waals surface area contributed by atoms with E-state index in [9.17, 15) is 38.4 Å². The molecule has 5 amide bonds. The number of benzene rings is 2. The Morgan fingerprint density at radius 3 is 2.03 bits per heavy atom. The van der Waals surface area contributed by atoms with Gasteiger partial charge in [-0.15, -0.1) is 5.10 Å². The molecule has 604 valence electrons. The predicted octanol–water partition coefficient (Wildman–Crippen LogP) is 5.36. The molecule has 0 saturated heterocycles. The fraction of sp³-hybridized carbons (Fsp3) is 0.545. The minimum absolute atomic E-state index is 0.0245. The molecule has 0 aliphatic carbocycles. The average Bonchev–Trinajstić information content (AvgIpc) is 1.61. The maximum Gasteiger partial charge on any atom is 0.510 e. The molecule has 0 bridgehead atoms. The molecule has 4 aromatic heterocycles. The zero-order valence-corrected chi connectivity index (χ0v) is 64.8. The van der Waals surface area contributed by atoms with E-state index in [-0.39, 0.29) is 74.7 Å². The van der Waals surface area contributed by atoms with E-state index in [4.69, 9.17) is 67.6 Å². The van der Waals surface area contributed by atoms with Crippen LogP contribution in [0.15, 0.2) is 89.2 Å². The predicted molar refractivity (Wildman–Crippen MR) is 409 cm³/mol. The van der Waals surface area contributed by atoms with Crippen molar-refractivity contribution in [3.8, 4) is 11.4 Å². The molecule has 0 spiro atoms. The Hall–Kier alpha value is -9.20. The number of carbonyl (C=O) groups is 7. The van der Waals surface area contributed by atoms with Gasteiger partial charge in [0, 0.05) is 72.6 Å². The van der Waals surface area contributed by atoms with Crippen LogP contribution in [0.3, 0.4) is 0 Å². The van der Waals surface area contributed by atoms with Crippen LogP contribution >= 0.6 is 11.8 Å². The summed E-state index contributed by atoms with van der Waals surface area (Å²) in [6.07, 6.45) is 13.8. The highest BCUT2D eigenvalue weighted by molar-refractivity contribution is 7.98. The number of hydrogen-bond donors (Lipinski definition) is 5. The summed E-state index contributed by atoms with van der Waals surface area (Å²) in [6.45, 7) is 13.9. The maximum absolute atomic E-state index is 14.4. The topological polar surface area (TPSA) is 399 Å². The molecule has 2 aliphatic heterocycles. The van der Waals surface area contributed by atoms with Gasteiger partial charge in [-0.2, -0.15) is 0 Å². The van der Waals surface area contributed by atoms with Gasteiger partial charge in [0.15, 0.2) is 5.16 Å². The molecule has 8 rings (SSSR count). The number of fused-ring (bicyclic) bond motifs is 5. The third-order valence-electron chi connectivity index (χ3n) is 17.8. The minimum Gasteiger partial charge on any atom is -0.457 e. The molecule has 2 aromatic carbocycles. The van der Waals surface area contributed by atoms with Crippen LogP contribution in [0.1, 0.15) is 112 Å². The standard InChI is InChI=1S/C77H105N13O20S/c1-6-77(64-44-67-71-62(49-90(67)73(96)63(64)51-108-74(77)97)60(23-26-89(54(2)3)55(4)91)61-15-10-11-16-65(61)85-71)110-76(98)109-50-56-19-21-58(22-20-56)83-72(95)66(17-12-13-24-78)84-70(94)53-107-52-69(93)79-25-28-99-30-32-101-34-36-103-38-40-105-42-43-106-41-39-104-37-35-102-33-31-100-29-27-88-48-59(86-87-88)47-80-68(92)18-9-7-8-14-57-45-81-75(111-5)82-46-57/h8,10-11,14-16,19-22,44-46,48,54,66H,6-7,9,12-13,17-18,23-43,47,49-53,78H2,1-5H3,(H,79,93)(H,80,92)(H,83,95)(H,84,94)/b14-8-/t66-,77-/m0/s1. The number of allylic oxidation sites excluding steroid dienone is 1. The van der Waals surface area contributed by atoms with Crippen LogP contribution in [0, 0.1) is 0 Å². The first kappa shape index (κ1) is 87.4. The Kier molecular flexibility index (Phi) is 37.7. The number of nitrogens with two attached hydrogens (primary N) is 1. The van der Waals surface area contributed by atoms with E-state index in [2.05, 4.69) is 41.5 Å². The molecule has 2 atom stereocenters. The van der Waals surface area contributed by atoms with E-state index < -0.39 is 60.3 Å². The normalized spacial score (nSPS) is 13.9. The number of aromatic nitrogens is 7. The molecular weight excluding hydrogens is 1460 g/mol. The molecule has 111 heavy (non-hydrogen) atoms. The van der Waals surface area contributed by atoms with Gasteiger partial charge in [-0.25, -0.2) is 29.2 Å². The fourth-order valence-corrected chi connectivity index (χ4v) is 12.4. The maximum atomic E-state index is 14.4. The second-order valence-corrected chi connectivity index (χ2v) is 26.9. The van der Waals surface area contributed by atoms with Crippen LogP contribution in [0.4, 0.5) is 10.5 Å². The van der Waals surface area contributed by atoms with Crippen LogP contribution in [-0.2, 0) is 130 Å². The number of ether oxygens (including phenoxy) is 12. The minimum atomic E-state index is -2.03. The number of unbranched alkanes of at least 4 members (excludes halogenated alkanes) is 2. The van der Waals surface area contributed by atoms with Crippen molar-refractivity contribution in [1.82, 2.24) is 55.4 Å². The first-order valence-electron chi connectivity index (χ1n) is 37.5. The van der Waals surface area contributed by atoms with Crippen LogP contribution in [0.5, 0.6) is 0 Å². The molecule has 33 nitrogen and oxygen atoms in total. The number of rotatable bonds is 54. The van der Waals surface area contributed by atoms with Crippen molar-refractivity contribution in [3.63, 3.8) is 0 Å². The second kappa shape index (κ2) is 47.9. The lowest BCUT2D eigenvalue weighted by Gasteiger charge is -2.35. The highest BCUT2D eigenvalue weighted by Crippen LogP contribution is 2.42. The molecule has 0 unspecified atom stereocenters. The first-order valence-corrected chi connectivity index (χ1v) is 38.7. The molecule has 0 fully saturated rings. The number of cyclic esters (lactones) is 1. The number of esters is 1. The van der Waals surface area contributed by atoms with Crippen molar-refractivity contribution in [3.05, 3.63) is 129 Å². The van der Waals surface area contributed by atoms with Gasteiger partial charge in [-0.05, 0) is 107 Å². The number of nitrogens with one attached hydrogen (secondary N) is 4. The second-order valence-electron chi connectivity index (χ2n) is 26.1. The van der Waals surface area contributed by atoms with Crippen molar-refractivity contribution in [1.29, 1.82) is 0 Å². The van der Waals surface area contributed by atoms with Gasteiger partial charge in [-0.1, -0.05) is 66.4 Å². The van der Waals surface area contributed by atoms with Crippen molar-refractivity contribution >= 4 is 76.1 Å². The highest BCUT2D eigenvalue weighted by Gasteiger charge is 2.51. The van der Waals surface area contributed by atoms with Gasteiger partial charge in [0.25, 0.3) is 5.56 Å². The quantitative estimate of drug-likeness (QED) is 0.0139. The Bertz CT molecular complexity index is 4030. The van der Waals surface area contributed by atoms with Gasteiger partial charge in [0.1, 0.15) is 38.2 Å². The zero-order chi connectivity index (χ0) is 79.0. The molecule has 34 heteroatoms. The zero-order valence-electron chi connectivity index (χ0n) is 64.0. The number of hydrogen-bond acceptors (Lipinski definition) is 27. The lowest BCUT2D eigenvalue weighted by molar-refractivity contribution is -0.175. The van der Waals surface area contributed by atoms with E-state index in [1.165, 1.54) is 11.8 Å². The molecule has 6 heterocycles. The number of amides is 5. The molecule has 0 saturated carbocycles. The van der Waals surface area contributed by atoms with Crippen molar-refractivity contribution in [2.24, 2.45) is 5.73 Å². The largest absolute Gasteiger partial charge is 0.510 e. The molecule has 6 aromatic rings. The van der Waals surface area contributed by atoms with Gasteiger partial charge in [-0.3, -0.25) is 28.8 Å². The SMILES string of the molecule is CC[C@@]1(OC(=O)OCc2ccc(NC(=O)[C@H](CCCCN)NC(=O)COCC(=O)NCCOCCOCCOCCOCCOCCOCCOCCOCCn3cc(CNC(=O)CCC/C=C\c4cnc(SC)nc4)nn3)cc2)C(=O)OCc2c1cc1n(c2=O)Cc2c-1nc1ccccc1c2CCN(C(C)=O)C(C)C. The summed E-state index contributed by atoms with van der Waals surface area (Å²) in [5.41, 5.74) is 9.55. The Morgan fingerprint density at radius 2 is 1.40 bits per heavy atom. The van der Waals surface area contributed by atoms with E-state index in [0.717, 1.165) is 40.1 Å². The van der Waals surface area contributed by atoms with E-state index in [1.54, 1.807) is 76.9 Å². The van der Waals surface area contributed by atoms with Crippen molar-refractivity contribution in [2.45, 2.75) is 135 Å². The smallest absolute Gasteiger partial charge is 0.457 e. The number of thioether (sulfide) groups is 1. The summed E-state index contributed by atoms with van der Waals surface area (Å²) >= 11 is 1.49. The summed E-state index contributed by atoms with van der Waals surface area (Å²) in [5.74, 6) is -2.54. The summed E-state index contributed by atoms with van der Waals surface area (Å²) in [5, 5.41) is 20.9. The summed E-state index contributed by atoms with van der Waals surface area (Å²) in [4.78, 5) is 121. The first-order chi connectivity index (χ1) is 54.0. The number of anilines is 1. The lowest BCUT2D eigenvalue weighted by atomic mass is 9.85. The van der Waals surface area contributed by atoms with Gasteiger partial charge >= 0.3 is 12.1 Å². The summed E-state index contributed by atoms with van der Waals surface area (Å²) in [6, 6.07) is 14.7. The molecule has 2 aliphatic rings. The number of nitrogens with zero attached hydrogens (tertiary/aromatic N) is 8. The van der Waals surface area contributed by atoms with Crippen LogP contribution < -0.4 is 32.6 Å². The average molecular weight is 1560 g/mol. The van der Waals surface area contributed by atoms with E-state index in [0.29, 0.717) is 185 Å². The van der Waals surface area contributed by atoms with Gasteiger partial charge in [0.2, 0.25) is 35.1 Å². The lowest BCUT2D eigenvalue weighted by Crippen LogP contribution is -2.47. The van der Waals surface area contributed by atoms with Crippen LogP contribution in [-0.4, -0.2) is 238 Å². The third-order valence-corrected chi connectivity index (χ3v) is 18.4. The van der Waals surface area contributed by atoms with Gasteiger partial charge in [0.05, 0.1) is 154 Å².